The van der Waals surface area contributed by atoms with Crippen LogP contribution in [0, 0.1) is 47.3 Å². The highest BCUT2D eigenvalue weighted by Gasteiger charge is 2.43. The number of hydrogen-bond acceptors (Lipinski definition) is 10. The number of aromatic amines is 1. The lowest BCUT2D eigenvalue weighted by atomic mass is 9.73. The molecule has 11 heteroatoms. The monoisotopic (exact) mass is 1030 g/mol. The van der Waals surface area contributed by atoms with E-state index in [4.69, 9.17) is 4.74 Å². The average molecular weight is 1030 g/mol. The van der Waals surface area contributed by atoms with Gasteiger partial charge in [-0.3, -0.25) is 9.59 Å². The van der Waals surface area contributed by atoms with Crippen molar-refractivity contribution in [2.45, 2.75) is 135 Å². The Kier molecular flexibility index (Phi) is 17.9. The number of phenolic OH excluding ortho intramolecular Hbond substituents is 1. The number of hydrogen-bond donors (Lipinski definition) is 8. The van der Waals surface area contributed by atoms with Crippen molar-refractivity contribution in [2.24, 2.45) is 35.5 Å². The Morgan fingerprint density at radius 3 is 2.50 bits per heavy atom. The summed E-state index contributed by atoms with van der Waals surface area (Å²) < 4.78 is 5.60. The first-order chi connectivity index (χ1) is 36.7. The second kappa shape index (κ2) is 24.9. The van der Waals surface area contributed by atoms with Gasteiger partial charge in [0.25, 0.3) is 0 Å². The van der Waals surface area contributed by atoms with E-state index in [1.54, 1.807) is 12.1 Å². The Labute approximate surface area is 450 Å². The second-order valence-electron chi connectivity index (χ2n) is 22.9. The number of benzene rings is 4. The molecule has 10 atom stereocenters. The molecular formula is C65H80N4O7. The number of anilines is 1. The minimum absolute atomic E-state index is 0.0214. The molecule has 9 bridgehead atoms. The van der Waals surface area contributed by atoms with E-state index < -0.39 is 47.6 Å². The van der Waals surface area contributed by atoms with Crippen LogP contribution in [0.2, 0.25) is 0 Å². The van der Waals surface area contributed by atoms with Gasteiger partial charge < -0.3 is 46.1 Å². The molecule has 1 aromatic heterocycles. The number of methoxy groups -OCH3 is 1. The molecule has 0 radical (unpaired) electrons. The zero-order valence-corrected chi connectivity index (χ0v) is 45.2. The fourth-order valence-corrected chi connectivity index (χ4v) is 12.7. The number of allylic oxidation sites excluding steroid dienone is 2. The van der Waals surface area contributed by atoms with Gasteiger partial charge in [0.15, 0.2) is 29.2 Å². The summed E-state index contributed by atoms with van der Waals surface area (Å²) in [5, 5.41) is 59.9. The molecule has 1 saturated carbocycles. The van der Waals surface area contributed by atoms with Crippen molar-refractivity contribution in [3.8, 4) is 23.3 Å². The van der Waals surface area contributed by atoms with Gasteiger partial charge in [0.05, 0.1) is 25.2 Å². The van der Waals surface area contributed by atoms with Gasteiger partial charge in [-0.25, -0.2) is 0 Å². The van der Waals surface area contributed by atoms with E-state index >= 15 is 4.79 Å². The van der Waals surface area contributed by atoms with E-state index in [9.17, 15) is 25.2 Å². The highest BCUT2D eigenvalue weighted by atomic mass is 16.5. The normalized spacial score (nSPS) is 26.9. The number of ether oxygens (including phenoxy) is 1. The van der Waals surface area contributed by atoms with Gasteiger partial charge in [-0.1, -0.05) is 101 Å². The number of phenols is 1. The lowest BCUT2D eigenvalue weighted by Crippen LogP contribution is -2.40. The summed E-state index contributed by atoms with van der Waals surface area (Å²) in [7, 11) is 1.50. The number of carbonyl (C=O) groups is 2. The summed E-state index contributed by atoms with van der Waals surface area (Å²) >= 11 is 0. The van der Waals surface area contributed by atoms with Gasteiger partial charge in [-0.15, -0.1) is 0 Å². The number of aliphatic hydroxyl groups excluding tert-OH is 3. The summed E-state index contributed by atoms with van der Waals surface area (Å²) in [5.41, 5.74) is 8.95. The first kappa shape index (κ1) is 54.6. The first-order valence-corrected chi connectivity index (χ1v) is 28.1. The lowest BCUT2D eigenvalue weighted by Gasteiger charge is -2.33. The van der Waals surface area contributed by atoms with Crippen molar-refractivity contribution in [2.75, 3.05) is 32.1 Å². The second-order valence-corrected chi connectivity index (χ2v) is 22.9. The third-order valence-electron chi connectivity index (χ3n) is 16.8. The van der Waals surface area contributed by atoms with Gasteiger partial charge in [0.1, 0.15) is 5.82 Å². The number of fused-ring (bicyclic) bond motifs is 9. The number of aromatic nitrogens is 1. The van der Waals surface area contributed by atoms with Crippen LogP contribution in [0.15, 0.2) is 109 Å². The molecule has 0 amide bonds. The van der Waals surface area contributed by atoms with Crippen molar-refractivity contribution < 1.29 is 34.8 Å². The van der Waals surface area contributed by atoms with Crippen LogP contribution in [0.1, 0.15) is 130 Å². The number of aromatic hydroxyl groups is 1. The summed E-state index contributed by atoms with van der Waals surface area (Å²) in [4.78, 5) is 32.9. The van der Waals surface area contributed by atoms with Crippen molar-refractivity contribution in [1.82, 2.24) is 15.6 Å². The Morgan fingerprint density at radius 1 is 0.855 bits per heavy atom. The molecule has 0 unspecified atom stereocenters. The summed E-state index contributed by atoms with van der Waals surface area (Å²) in [5.74, 6) is 6.17. The van der Waals surface area contributed by atoms with E-state index in [1.807, 2.05) is 12.3 Å². The molecule has 2 aliphatic heterocycles. The van der Waals surface area contributed by atoms with Crippen LogP contribution in [0.3, 0.4) is 0 Å². The molecular weight excluding hydrogens is 949 g/mol. The number of nitrogens with one attached hydrogen (secondary N) is 4. The van der Waals surface area contributed by atoms with Crippen molar-refractivity contribution in [3.63, 3.8) is 0 Å². The molecule has 4 aliphatic rings. The molecule has 0 saturated heterocycles. The van der Waals surface area contributed by atoms with Gasteiger partial charge in [-0.05, 0) is 174 Å². The standard InChI is InChI=1S/C65H80N4O7/c1-6-9-55-49-27-43(24-42-22-23-67-63(29-42)69-51-19-16-44-15-13-41(25-48(44)30-51)28-53(70)38-66-36-40(4)50-31-52(68-37-50)34-60(55)72)26-46-17-20-56(54-11-8-7-10-45(54)14-12-39(2)3)57-35-61(73)62(76-5)33-47(57)18-21-59(71)65(75)64(74)58(46)32-49/h7-8,10-11,13,15-16,19,22,25,29-31,33,35,37,39-40,43,46,49,53,55-56,58,60,65-70,72-73,75H,6,9,12,14,18,21,23-24,26-28,32,34,36,38H2,1-5H3/t40-,43-,46-,49-,53-,55+,56+,58-,60+,65-/m0/s1. The Balaban J connectivity index is 1.15. The average Bonchev–Trinajstić information content (AvgIpc) is 3.81. The molecule has 5 aromatic rings. The predicted octanol–water partition coefficient (Wildman–Crippen LogP) is 10.2. The predicted molar refractivity (Wildman–Crippen MR) is 302 cm³/mol. The highest BCUT2D eigenvalue weighted by Crippen LogP contribution is 2.46. The third kappa shape index (κ3) is 13.1. The van der Waals surface area contributed by atoms with Crippen molar-refractivity contribution in [3.05, 3.63) is 148 Å². The Hall–Kier alpha value is -6.16. The van der Waals surface area contributed by atoms with Crippen LogP contribution in [0.4, 0.5) is 5.69 Å². The third-order valence-corrected chi connectivity index (χ3v) is 16.8. The molecule has 4 aromatic carbocycles. The molecule has 2 aliphatic carbocycles. The minimum Gasteiger partial charge on any atom is -0.504 e. The van der Waals surface area contributed by atoms with E-state index in [2.05, 4.69) is 133 Å². The molecule has 402 valence electrons. The first-order valence-electron chi connectivity index (χ1n) is 28.1. The number of rotatable bonds is 7. The topological polar surface area (TPSA) is 176 Å². The number of ketones is 2. The highest BCUT2D eigenvalue weighted by molar-refractivity contribution is 6.06. The van der Waals surface area contributed by atoms with Crippen LogP contribution in [-0.4, -0.2) is 82.0 Å². The van der Waals surface area contributed by atoms with Crippen LogP contribution in [0.5, 0.6) is 11.5 Å². The number of Topliss-reactive ketones (excluding diaryl/α,β-unsaturated/α-hetero) is 2. The summed E-state index contributed by atoms with van der Waals surface area (Å²) in [6, 6.07) is 26.7. The largest absolute Gasteiger partial charge is 0.504 e. The maximum Gasteiger partial charge on any atom is 0.173 e. The van der Waals surface area contributed by atoms with Gasteiger partial charge in [-0.2, -0.15) is 0 Å². The molecule has 76 heavy (non-hydrogen) atoms. The quantitative estimate of drug-likeness (QED) is 0.0579. The maximum atomic E-state index is 15.2. The van der Waals surface area contributed by atoms with Gasteiger partial charge in [0, 0.05) is 61.9 Å². The number of dihydropyridines is 1. The van der Waals surface area contributed by atoms with Crippen molar-refractivity contribution in [1.29, 1.82) is 0 Å². The summed E-state index contributed by atoms with van der Waals surface area (Å²) in [6.07, 6.45) is 10.1. The van der Waals surface area contributed by atoms with Crippen LogP contribution >= 0.6 is 0 Å². The fraction of sp³-hybridized carbons (Fsp3) is 0.477. The SMILES string of the molecule is CCC[C@@H]1[C@H]2C[C@@H](CC3=CCNC(=C3)Nc3ccc4ccc(cc4c3)C[C@H](O)CNC[C@H](C)c3c[nH]c(c3)C[C@H]1O)C[C@@H]1C#C[C@H](c3ccccc3CCC(C)C)c3cc(O)c(OC)cc3CCC(=O)[C@H](O)C(=O)[C@H]1C2. The van der Waals surface area contributed by atoms with Gasteiger partial charge >= 0.3 is 0 Å². The number of H-pyrrole nitrogens is 1. The summed E-state index contributed by atoms with van der Waals surface area (Å²) in [6.45, 7) is 10.5. The maximum absolute atomic E-state index is 15.2. The van der Waals surface area contributed by atoms with Crippen LogP contribution in [0.25, 0.3) is 10.8 Å². The number of β-amino-alcohol motifs (C(OH)–C–C–N with tert-alkyl or cyclic N) is 1. The van der Waals surface area contributed by atoms with E-state index in [0.717, 1.165) is 99.0 Å². The minimum atomic E-state index is -1.83. The molecule has 11 nitrogen and oxygen atoms in total. The molecule has 8 N–H and O–H groups in total. The van der Waals surface area contributed by atoms with Crippen LogP contribution in [-0.2, 0) is 35.3 Å². The molecule has 0 spiro atoms. The number of aliphatic hydroxyl groups is 3. The number of carbonyl (C=O) groups excluding carboxylic acids is 2. The molecule has 9 rings (SSSR count). The zero-order chi connectivity index (χ0) is 53.5. The Bertz CT molecular complexity index is 2980. The van der Waals surface area contributed by atoms with Crippen molar-refractivity contribution >= 4 is 28.0 Å². The molecule has 1 fully saturated rings. The van der Waals surface area contributed by atoms with Gasteiger partial charge in [0.2, 0.25) is 0 Å². The van der Waals surface area contributed by atoms with E-state index in [-0.39, 0.29) is 48.0 Å². The Morgan fingerprint density at radius 2 is 1.68 bits per heavy atom. The van der Waals surface area contributed by atoms with Crippen LogP contribution < -0.4 is 20.7 Å². The van der Waals surface area contributed by atoms with E-state index in [0.29, 0.717) is 57.7 Å². The number of aryl methyl sites for hydroxylation is 2. The smallest absolute Gasteiger partial charge is 0.173 e. The lowest BCUT2D eigenvalue weighted by molar-refractivity contribution is -0.142. The fourth-order valence-electron chi connectivity index (χ4n) is 12.7. The zero-order valence-electron chi connectivity index (χ0n) is 45.2. The molecule has 3 heterocycles. The van der Waals surface area contributed by atoms with E-state index in [1.165, 1.54) is 7.11 Å².